The largest absolute Gasteiger partial charge is 0.377 e. The Labute approximate surface area is 113 Å². The van der Waals surface area contributed by atoms with E-state index in [1.54, 1.807) is 12.1 Å². The van der Waals surface area contributed by atoms with Gasteiger partial charge in [-0.3, -0.25) is 0 Å². The van der Waals surface area contributed by atoms with E-state index < -0.39 is 18.2 Å². The number of aromatic amines is 1. The maximum atomic E-state index is 12.0. The van der Waals surface area contributed by atoms with Crippen LogP contribution in [-0.4, -0.2) is 26.5 Å². The topological polar surface area (TPSA) is 72.1 Å². The van der Waals surface area contributed by atoms with Crippen LogP contribution in [0.15, 0.2) is 41.8 Å². The smallest absolute Gasteiger partial charge is 0.373 e. The Bertz CT molecular complexity index is 661. The van der Waals surface area contributed by atoms with Crippen molar-refractivity contribution in [2.45, 2.75) is 24.8 Å². The van der Waals surface area contributed by atoms with Crippen molar-refractivity contribution in [1.82, 2.24) is 9.97 Å². The third-order valence-corrected chi connectivity index (χ3v) is 5.73. The highest BCUT2D eigenvalue weighted by Crippen LogP contribution is 2.18. The van der Waals surface area contributed by atoms with Crippen LogP contribution in [0.5, 0.6) is 5.75 Å². The normalized spacial score (nSPS) is 12.4. The first-order valence-electron chi connectivity index (χ1n) is 5.84. The quantitative estimate of drug-likeness (QED) is 0.689. The lowest BCUT2D eigenvalue weighted by Crippen LogP contribution is -2.39. The molecular formula is C12H16N2O3SSi. The molecule has 0 atom stereocenters. The minimum Gasteiger partial charge on any atom is -0.377 e. The van der Waals surface area contributed by atoms with Crippen molar-refractivity contribution in [3.05, 3.63) is 36.7 Å². The molecule has 0 spiro atoms. The van der Waals surface area contributed by atoms with Gasteiger partial charge in [0, 0.05) is 12.4 Å². The van der Waals surface area contributed by atoms with Gasteiger partial charge in [0.2, 0.25) is 0 Å². The number of imidazole rings is 1. The maximum Gasteiger partial charge on any atom is 0.373 e. The Morgan fingerprint density at radius 2 is 1.89 bits per heavy atom. The van der Waals surface area contributed by atoms with Gasteiger partial charge in [-0.25, -0.2) is 4.98 Å². The summed E-state index contributed by atoms with van der Waals surface area (Å²) in [4.78, 5) is 6.26. The van der Waals surface area contributed by atoms with Crippen LogP contribution >= 0.6 is 0 Å². The van der Waals surface area contributed by atoms with E-state index in [0.717, 1.165) is 5.19 Å². The zero-order valence-electron chi connectivity index (χ0n) is 11.0. The van der Waals surface area contributed by atoms with Crippen LogP contribution in [0.4, 0.5) is 0 Å². The second-order valence-corrected chi connectivity index (χ2v) is 11.7. The molecule has 0 fully saturated rings. The van der Waals surface area contributed by atoms with Gasteiger partial charge >= 0.3 is 10.1 Å². The first kappa shape index (κ1) is 13.8. The van der Waals surface area contributed by atoms with Crippen LogP contribution in [0.3, 0.4) is 0 Å². The molecule has 0 aliphatic heterocycles. The van der Waals surface area contributed by atoms with Crippen molar-refractivity contribution in [3.63, 3.8) is 0 Å². The number of hydrogen-bond acceptors (Lipinski definition) is 4. The van der Waals surface area contributed by atoms with E-state index in [4.69, 9.17) is 4.18 Å². The molecule has 5 nitrogen and oxygen atoms in total. The van der Waals surface area contributed by atoms with Crippen molar-refractivity contribution in [1.29, 1.82) is 0 Å². The van der Waals surface area contributed by atoms with Gasteiger partial charge in [0.15, 0.2) is 0 Å². The number of H-pyrrole nitrogens is 1. The number of rotatable bonds is 4. The summed E-state index contributed by atoms with van der Waals surface area (Å²) in [5.41, 5.74) is 0. The van der Waals surface area contributed by atoms with Gasteiger partial charge in [-0.2, -0.15) is 8.42 Å². The molecule has 2 rings (SSSR count). The molecule has 1 N–H and O–H groups in total. The van der Waals surface area contributed by atoms with Gasteiger partial charge in [0.1, 0.15) is 5.75 Å². The maximum absolute atomic E-state index is 12.0. The van der Waals surface area contributed by atoms with Crippen LogP contribution in [0.1, 0.15) is 0 Å². The molecule has 0 aliphatic carbocycles. The second-order valence-electron chi connectivity index (χ2n) is 5.18. The third-order valence-electron chi connectivity index (χ3n) is 2.60. The van der Waals surface area contributed by atoms with E-state index in [1.807, 2.05) is 12.1 Å². The molecule has 0 saturated carbocycles. The SMILES string of the molecule is C[Si](C)(C)c1ccccc1OS(=O)(=O)c1ncc[nH]1. The standard InChI is InChI=1S/C12H16N2O3SSi/c1-19(2,3)11-7-5-4-6-10(11)17-18(15,16)12-13-8-9-14-12/h4-9H,1-3H3,(H,13,14). The summed E-state index contributed by atoms with van der Waals surface area (Å²) in [6, 6.07) is 7.24. The number of hydrogen-bond donors (Lipinski definition) is 1. The minimum absolute atomic E-state index is 0.183. The molecule has 0 bridgehead atoms. The van der Waals surface area contributed by atoms with E-state index >= 15 is 0 Å². The van der Waals surface area contributed by atoms with Crippen LogP contribution in [0.25, 0.3) is 0 Å². The predicted molar refractivity (Wildman–Crippen MR) is 75.8 cm³/mol. The number of aromatic nitrogens is 2. The Morgan fingerprint density at radius 3 is 2.47 bits per heavy atom. The Balaban J connectivity index is 2.40. The van der Waals surface area contributed by atoms with Crippen molar-refractivity contribution in [3.8, 4) is 5.75 Å². The molecule has 0 radical (unpaired) electrons. The average Bonchev–Trinajstić information content (AvgIpc) is 2.81. The third kappa shape index (κ3) is 3.05. The summed E-state index contributed by atoms with van der Waals surface area (Å²) in [5.74, 6) is 0.387. The number of nitrogens with zero attached hydrogens (tertiary/aromatic N) is 1. The molecule has 7 heteroatoms. The average molecular weight is 296 g/mol. The molecule has 0 unspecified atom stereocenters. The molecule has 1 aromatic carbocycles. The lowest BCUT2D eigenvalue weighted by molar-refractivity contribution is 0.480. The molecule has 2 aromatic rings. The fraction of sp³-hybridized carbons (Fsp3) is 0.250. The first-order chi connectivity index (χ1) is 8.81. The van der Waals surface area contributed by atoms with Crippen molar-refractivity contribution in [2.75, 3.05) is 0 Å². The molecule has 1 heterocycles. The Morgan fingerprint density at radius 1 is 1.21 bits per heavy atom. The van der Waals surface area contributed by atoms with Crippen molar-refractivity contribution in [2.24, 2.45) is 0 Å². The van der Waals surface area contributed by atoms with Gasteiger partial charge in [-0.15, -0.1) is 0 Å². The van der Waals surface area contributed by atoms with E-state index in [2.05, 4.69) is 29.6 Å². The summed E-state index contributed by atoms with van der Waals surface area (Å²) in [5, 5.41) is 0.781. The van der Waals surface area contributed by atoms with E-state index in [9.17, 15) is 8.42 Å². The van der Waals surface area contributed by atoms with Crippen LogP contribution in [0, 0.1) is 0 Å². The number of para-hydroxylation sites is 1. The first-order valence-corrected chi connectivity index (χ1v) is 10.7. The van der Waals surface area contributed by atoms with Crippen LogP contribution in [-0.2, 0) is 10.1 Å². The lowest BCUT2D eigenvalue weighted by Gasteiger charge is -2.20. The monoisotopic (exact) mass is 296 g/mol. The van der Waals surface area contributed by atoms with E-state index in [-0.39, 0.29) is 5.16 Å². The van der Waals surface area contributed by atoms with Gasteiger partial charge in [-0.05, 0) is 11.3 Å². The molecule has 1 aromatic heterocycles. The van der Waals surface area contributed by atoms with Gasteiger partial charge in [0.05, 0.1) is 8.07 Å². The van der Waals surface area contributed by atoms with Gasteiger partial charge < -0.3 is 9.17 Å². The highest BCUT2D eigenvalue weighted by molar-refractivity contribution is 7.86. The Kier molecular flexibility index (Phi) is 3.51. The van der Waals surface area contributed by atoms with Crippen molar-refractivity contribution >= 4 is 23.4 Å². The molecule has 0 amide bonds. The molecule has 102 valence electrons. The van der Waals surface area contributed by atoms with Crippen LogP contribution in [0.2, 0.25) is 19.6 Å². The zero-order chi connectivity index (χ0) is 14.1. The summed E-state index contributed by atoms with van der Waals surface area (Å²) in [6.07, 6.45) is 2.82. The van der Waals surface area contributed by atoms with Gasteiger partial charge in [-0.1, -0.05) is 37.8 Å². The minimum atomic E-state index is -3.90. The summed E-state index contributed by atoms with van der Waals surface area (Å²) in [7, 11) is -5.58. The molecule has 0 aliphatic rings. The summed E-state index contributed by atoms with van der Waals surface area (Å²) < 4.78 is 29.3. The molecule has 19 heavy (non-hydrogen) atoms. The number of benzene rings is 1. The summed E-state index contributed by atoms with van der Waals surface area (Å²) in [6.45, 7) is 6.40. The highest BCUT2D eigenvalue weighted by atomic mass is 32.2. The second kappa shape index (κ2) is 4.82. The number of nitrogens with one attached hydrogen (secondary N) is 1. The molecular weight excluding hydrogens is 280 g/mol. The summed E-state index contributed by atoms with van der Waals surface area (Å²) >= 11 is 0. The highest BCUT2D eigenvalue weighted by Gasteiger charge is 2.25. The van der Waals surface area contributed by atoms with Crippen molar-refractivity contribution < 1.29 is 12.6 Å². The zero-order valence-corrected chi connectivity index (χ0v) is 12.9. The lowest BCUT2D eigenvalue weighted by atomic mass is 10.3. The van der Waals surface area contributed by atoms with Crippen LogP contribution < -0.4 is 9.37 Å². The Hall–Kier alpha value is -1.60. The predicted octanol–water partition coefficient (Wildman–Crippen LogP) is 1.72. The fourth-order valence-electron chi connectivity index (χ4n) is 1.70. The van der Waals surface area contributed by atoms with E-state index in [1.165, 1.54) is 12.4 Å². The van der Waals surface area contributed by atoms with Gasteiger partial charge in [0.25, 0.3) is 5.16 Å². The van der Waals surface area contributed by atoms with E-state index in [0.29, 0.717) is 5.75 Å². The molecule has 0 saturated heterocycles. The fourth-order valence-corrected chi connectivity index (χ4v) is 4.11.